The van der Waals surface area contributed by atoms with E-state index in [4.69, 9.17) is 0 Å². The van der Waals surface area contributed by atoms with Gasteiger partial charge in [-0.3, -0.25) is 0 Å². The van der Waals surface area contributed by atoms with Crippen LogP contribution in [0.15, 0.2) is 6.20 Å². The lowest BCUT2D eigenvalue weighted by Gasteiger charge is -2.26. The van der Waals surface area contributed by atoms with Crippen LogP contribution in [-0.2, 0) is 13.0 Å². The third kappa shape index (κ3) is 4.34. The minimum Gasteiger partial charge on any atom is -0.393 e. The van der Waals surface area contributed by atoms with Crippen LogP contribution in [0.1, 0.15) is 49.4 Å². The van der Waals surface area contributed by atoms with E-state index in [1.807, 2.05) is 17.5 Å². The SMILES string of the molecule is CC(C)Cc1ncc(CNC2CCC(O)CC2)s1. The number of nitrogens with zero attached hydrogens (tertiary/aromatic N) is 1. The third-order valence-electron chi connectivity index (χ3n) is 3.45. The predicted molar refractivity (Wildman–Crippen MR) is 75.8 cm³/mol. The first kappa shape index (κ1) is 14.0. The van der Waals surface area contributed by atoms with Gasteiger partial charge in [-0.1, -0.05) is 13.8 Å². The molecule has 1 aromatic heterocycles. The largest absolute Gasteiger partial charge is 0.393 e. The van der Waals surface area contributed by atoms with E-state index in [1.54, 1.807) is 0 Å². The number of hydrogen-bond acceptors (Lipinski definition) is 4. The zero-order chi connectivity index (χ0) is 13.0. The minimum atomic E-state index is -0.0656. The van der Waals surface area contributed by atoms with E-state index in [2.05, 4.69) is 24.1 Å². The molecule has 4 heteroatoms. The maximum Gasteiger partial charge on any atom is 0.0930 e. The van der Waals surface area contributed by atoms with Crippen molar-refractivity contribution < 1.29 is 5.11 Å². The molecule has 1 aliphatic carbocycles. The Morgan fingerprint density at radius 1 is 1.39 bits per heavy atom. The molecule has 0 aromatic carbocycles. The van der Waals surface area contributed by atoms with Gasteiger partial charge in [0.15, 0.2) is 0 Å². The van der Waals surface area contributed by atoms with Crippen LogP contribution < -0.4 is 5.32 Å². The summed E-state index contributed by atoms with van der Waals surface area (Å²) < 4.78 is 0. The Bertz CT molecular complexity index is 356. The molecule has 1 saturated carbocycles. The Hall–Kier alpha value is -0.450. The summed E-state index contributed by atoms with van der Waals surface area (Å²) in [5.41, 5.74) is 0. The number of aliphatic hydroxyl groups is 1. The van der Waals surface area contributed by atoms with Crippen molar-refractivity contribution in [1.29, 1.82) is 0 Å². The molecule has 102 valence electrons. The van der Waals surface area contributed by atoms with Gasteiger partial charge in [0.25, 0.3) is 0 Å². The van der Waals surface area contributed by atoms with Crippen LogP contribution in [0, 0.1) is 5.92 Å². The number of aromatic nitrogens is 1. The predicted octanol–water partition coefficient (Wildman–Crippen LogP) is 2.73. The number of hydrogen-bond donors (Lipinski definition) is 2. The standard InChI is InChI=1S/C14H24N2OS/c1-10(2)7-14-16-9-13(18-14)8-15-11-3-5-12(17)6-4-11/h9-12,15,17H,3-8H2,1-2H3. The number of nitrogens with one attached hydrogen (secondary N) is 1. The fourth-order valence-electron chi connectivity index (χ4n) is 2.40. The quantitative estimate of drug-likeness (QED) is 0.863. The van der Waals surface area contributed by atoms with Gasteiger partial charge in [-0.25, -0.2) is 4.98 Å². The summed E-state index contributed by atoms with van der Waals surface area (Å²) in [6.45, 7) is 5.38. The molecule has 0 bridgehead atoms. The first-order chi connectivity index (χ1) is 8.63. The molecular weight excluding hydrogens is 244 g/mol. The van der Waals surface area contributed by atoms with Crippen LogP contribution in [0.2, 0.25) is 0 Å². The highest BCUT2D eigenvalue weighted by molar-refractivity contribution is 7.11. The van der Waals surface area contributed by atoms with Gasteiger partial charge in [-0.15, -0.1) is 11.3 Å². The summed E-state index contributed by atoms with van der Waals surface area (Å²) in [5, 5.41) is 14.3. The molecule has 0 amide bonds. The molecule has 2 rings (SSSR count). The number of aliphatic hydroxyl groups excluding tert-OH is 1. The highest BCUT2D eigenvalue weighted by Crippen LogP contribution is 2.20. The summed E-state index contributed by atoms with van der Waals surface area (Å²) in [5.74, 6) is 0.678. The lowest BCUT2D eigenvalue weighted by atomic mass is 9.93. The van der Waals surface area contributed by atoms with Crippen molar-refractivity contribution >= 4 is 11.3 Å². The van der Waals surface area contributed by atoms with E-state index in [0.29, 0.717) is 12.0 Å². The molecule has 3 nitrogen and oxygen atoms in total. The molecular formula is C14H24N2OS. The van der Waals surface area contributed by atoms with Gasteiger partial charge in [0, 0.05) is 30.1 Å². The van der Waals surface area contributed by atoms with Crippen LogP contribution in [0.3, 0.4) is 0 Å². The van der Waals surface area contributed by atoms with Crippen LogP contribution in [0.5, 0.6) is 0 Å². The first-order valence-electron chi connectivity index (χ1n) is 6.98. The number of rotatable bonds is 5. The molecule has 1 aliphatic rings. The van der Waals surface area contributed by atoms with Crippen LogP contribution in [0.25, 0.3) is 0 Å². The van der Waals surface area contributed by atoms with Crippen molar-refractivity contribution in [2.75, 3.05) is 0 Å². The fraction of sp³-hybridized carbons (Fsp3) is 0.786. The smallest absolute Gasteiger partial charge is 0.0930 e. The van der Waals surface area contributed by atoms with Crippen molar-refractivity contribution in [3.05, 3.63) is 16.1 Å². The molecule has 1 fully saturated rings. The summed E-state index contributed by atoms with van der Waals surface area (Å²) in [7, 11) is 0. The van der Waals surface area contributed by atoms with Crippen LogP contribution in [-0.4, -0.2) is 22.2 Å². The van der Waals surface area contributed by atoms with Crippen molar-refractivity contribution in [1.82, 2.24) is 10.3 Å². The second-order valence-electron chi connectivity index (χ2n) is 5.70. The van der Waals surface area contributed by atoms with Crippen molar-refractivity contribution in [2.45, 2.75) is 64.6 Å². The Morgan fingerprint density at radius 2 is 2.11 bits per heavy atom. The first-order valence-corrected chi connectivity index (χ1v) is 7.80. The highest BCUT2D eigenvalue weighted by Gasteiger charge is 2.18. The Labute approximate surface area is 114 Å². The topological polar surface area (TPSA) is 45.2 Å². The van der Waals surface area contributed by atoms with E-state index in [-0.39, 0.29) is 6.10 Å². The lowest BCUT2D eigenvalue weighted by Crippen LogP contribution is -2.33. The van der Waals surface area contributed by atoms with Gasteiger partial charge < -0.3 is 10.4 Å². The zero-order valence-corrected chi connectivity index (χ0v) is 12.2. The molecule has 1 heterocycles. The van der Waals surface area contributed by atoms with E-state index in [9.17, 15) is 5.11 Å². The molecule has 18 heavy (non-hydrogen) atoms. The Morgan fingerprint density at radius 3 is 2.78 bits per heavy atom. The molecule has 1 aromatic rings. The highest BCUT2D eigenvalue weighted by atomic mass is 32.1. The number of thiazole rings is 1. The van der Waals surface area contributed by atoms with E-state index >= 15 is 0 Å². The van der Waals surface area contributed by atoms with Crippen LogP contribution in [0.4, 0.5) is 0 Å². The summed E-state index contributed by atoms with van der Waals surface area (Å²) in [6.07, 6.45) is 7.10. The second-order valence-corrected chi connectivity index (χ2v) is 6.90. The Kier molecular flexibility index (Phi) is 5.15. The second kappa shape index (κ2) is 6.64. The van der Waals surface area contributed by atoms with Crippen molar-refractivity contribution in [3.63, 3.8) is 0 Å². The molecule has 0 saturated heterocycles. The normalized spacial score (nSPS) is 24.7. The van der Waals surface area contributed by atoms with E-state index < -0.39 is 0 Å². The van der Waals surface area contributed by atoms with Gasteiger partial charge in [0.1, 0.15) is 0 Å². The summed E-state index contributed by atoms with van der Waals surface area (Å²) in [4.78, 5) is 5.80. The average Bonchev–Trinajstić information content (AvgIpc) is 2.75. The van der Waals surface area contributed by atoms with Gasteiger partial charge in [-0.05, 0) is 31.6 Å². The van der Waals surface area contributed by atoms with E-state index in [0.717, 1.165) is 38.6 Å². The average molecular weight is 268 g/mol. The molecule has 0 aliphatic heterocycles. The van der Waals surface area contributed by atoms with Gasteiger partial charge in [0.2, 0.25) is 0 Å². The van der Waals surface area contributed by atoms with Crippen LogP contribution >= 0.6 is 11.3 Å². The van der Waals surface area contributed by atoms with Crippen molar-refractivity contribution in [3.8, 4) is 0 Å². The van der Waals surface area contributed by atoms with E-state index in [1.165, 1.54) is 9.88 Å². The molecule has 0 unspecified atom stereocenters. The lowest BCUT2D eigenvalue weighted by molar-refractivity contribution is 0.116. The van der Waals surface area contributed by atoms with Gasteiger partial charge in [-0.2, -0.15) is 0 Å². The Balaban J connectivity index is 1.74. The van der Waals surface area contributed by atoms with Crippen molar-refractivity contribution in [2.24, 2.45) is 5.92 Å². The molecule has 2 N–H and O–H groups in total. The monoisotopic (exact) mass is 268 g/mol. The summed E-state index contributed by atoms with van der Waals surface area (Å²) in [6, 6.07) is 0.573. The maximum atomic E-state index is 9.46. The maximum absolute atomic E-state index is 9.46. The summed E-state index contributed by atoms with van der Waals surface area (Å²) >= 11 is 1.83. The zero-order valence-electron chi connectivity index (χ0n) is 11.4. The van der Waals surface area contributed by atoms with Gasteiger partial charge >= 0.3 is 0 Å². The third-order valence-corrected chi connectivity index (χ3v) is 4.47. The molecule has 0 atom stereocenters. The molecule has 0 spiro atoms. The molecule has 0 radical (unpaired) electrons. The van der Waals surface area contributed by atoms with Gasteiger partial charge in [0.05, 0.1) is 11.1 Å². The fourth-order valence-corrected chi connectivity index (χ4v) is 3.48. The minimum absolute atomic E-state index is 0.0656.